The van der Waals surface area contributed by atoms with Crippen LogP contribution < -0.4 is 0 Å². The van der Waals surface area contributed by atoms with E-state index in [0.717, 1.165) is 12.1 Å². The van der Waals surface area contributed by atoms with Gasteiger partial charge in [0.2, 0.25) is 0 Å². The van der Waals surface area contributed by atoms with Crippen molar-refractivity contribution in [2.45, 2.75) is 0 Å². The first-order valence-corrected chi connectivity index (χ1v) is 3.89. The van der Waals surface area contributed by atoms with Gasteiger partial charge in [-0.25, -0.2) is 8.78 Å². The van der Waals surface area contributed by atoms with Gasteiger partial charge in [-0.1, -0.05) is 25.3 Å². The van der Waals surface area contributed by atoms with Gasteiger partial charge in [0.25, 0.3) is 0 Å². The Bertz CT molecular complexity index is 408. The van der Waals surface area contributed by atoms with Crippen LogP contribution in [0.3, 0.4) is 0 Å². The largest absolute Gasteiger partial charge is 0.264 e. The Kier molecular flexibility index (Phi) is 2.92. The Labute approximate surface area is 81.1 Å². The van der Waals surface area contributed by atoms with Gasteiger partial charge in [0.1, 0.15) is 11.6 Å². The van der Waals surface area contributed by atoms with Gasteiger partial charge >= 0.3 is 0 Å². The number of hydrogen-bond donors (Lipinski definition) is 0. The highest BCUT2D eigenvalue weighted by Crippen LogP contribution is 2.28. The predicted molar refractivity (Wildman–Crippen MR) is 55.7 cm³/mol. The van der Waals surface area contributed by atoms with E-state index in [1.165, 1.54) is 6.08 Å². The van der Waals surface area contributed by atoms with E-state index in [0.29, 0.717) is 0 Å². The number of benzene rings is 1. The maximum atomic E-state index is 13.5. The molecule has 0 aliphatic carbocycles. The fourth-order valence-corrected chi connectivity index (χ4v) is 1.15. The molecule has 0 amide bonds. The summed E-state index contributed by atoms with van der Waals surface area (Å²) in [6.07, 6.45) is 2.39. The van der Waals surface area contributed by atoms with E-state index in [1.54, 1.807) is 0 Å². The Morgan fingerprint density at radius 2 is 1.71 bits per heavy atom. The topological polar surface area (TPSA) is 12.4 Å². The molecular weight excluding hydrogens is 184 g/mol. The van der Waals surface area contributed by atoms with Crippen LogP contribution in [0.15, 0.2) is 24.2 Å². The summed E-state index contributed by atoms with van der Waals surface area (Å²) in [5, 5.41) is 0. The number of hydrogen-bond acceptors (Lipinski definition) is 1. The zero-order valence-corrected chi connectivity index (χ0v) is 7.56. The second kappa shape index (κ2) is 3.96. The molecule has 0 N–H and O–H groups in total. The van der Waals surface area contributed by atoms with Crippen molar-refractivity contribution in [2.75, 3.05) is 0 Å². The summed E-state index contributed by atoms with van der Waals surface area (Å²) in [7, 11) is 0. The second-order valence-electron chi connectivity index (χ2n) is 2.59. The van der Waals surface area contributed by atoms with Gasteiger partial charge in [0.15, 0.2) is 0 Å². The molecule has 0 saturated heterocycles. The number of halogens is 2. The molecule has 1 aromatic carbocycles. The minimum atomic E-state index is -0.711. The minimum absolute atomic E-state index is 0.135. The van der Waals surface area contributed by atoms with E-state index in [9.17, 15) is 8.78 Å². The summed E-state index contributed by atoms with van der Waals surface area (Å²) in [5.74, 6) is -1.41. The van der Waals surface area contributed by atoms with Crippen LogP contribution in [0, 0.1) is 11.6 Å². The van der Waals surface area contributed by atoms with Crippen LogP contribution in [0.5, 0.6) is 0 Å². The molecule has 0 aliphatic heterocycles. The third-order valence-corrected chi connectivity index (χ3v) is 1.85. The fourth-order valence-electron chi connectivity index (χ4n) is 1.15. The van der Waals surface area contributed by atoms with Crippen LogP contribution in [0.4, 0.5) is 14.5 Å². The normalized spacial score (nSPS) is 9.57. The smallest absolute Gasteiger partial charge is 0.142 e. The Morgan fingerprint density at radius 3 is 2.14 bits per heavy atom. The Morgan fingerprint density at radius 1 is 1.14 bits per heavy atom. The molecule has 0 unspecified atom stereocenters. The zero-order chi connectivity index (χ0) is 10.7. The van der Waals surface area contributed by atoms with Crippen molar-refractivity contribution in [3.63, 3.8) is 0 Å². The maximum absolute atomic E-state index is 13.5. The van der Waals surface area contributed by atoms with Crippen molar-refractivity contribution >= 4 is 24.6 Å². The molecule has 0 atom stereocenters. The van der Waals surface area contributed by atoms with E-state index >= 15 is 0 Å². The Hall–Kier alpha value is -1.77. The van der Waals surface area contributed by atoms with Crippen molar-refractivity contribution in [3.8, 4) is 0 Å². The highest BCUT2D eigenvalue weighted by atomic mass is 19.1. The predicted octanol–water partition coefficient (Wildman–Crippen LogP) is 3.58. The van der Waals surface area contributed by atoms with Gasteiger partial charge in [-0.05, 0) is 6.72 Å². The number of nitrogens with zero attached hydrogens (tertiary/aromatic N) is 1. The lowest BCUT2D eigenvalue weighted by Crippen LogP contribution is -1.93. The van der Waals surface area contributed by atoms with Gasteiger partial charge in [-0.15, -0.1) is 0 Å². The second-order valence-corrected chi connectivity index (χ2v) is 2.59. The third kappa shape index (κ3) is 1.48. The standard InChI is InChI=1S/C11H9F2N/c1-4-7-9(12)6-10(14-3)8(5-2)11(7)13/h4-6H,1-3H2. The molecule has 0 heterocycles. The molecule has 0 fully saturated rings. The maximum Gasteiger partial charge on any atom is 0.142 e. The van der Waals surface area contributed by atoms with Crippen LogP contribution in [0.25, 0.3) is 12.2 Å². The molecule has 0 aliphatic rings. The number of aliphatic imine (C=N–C) groups is 1. The van der Waals surface area contributed by atoms with Crippen LogP contribution >= 0.6 is 0 Å². The molecule has 0 spiro atoms. The highest BCUT2D eigenvalue weighted by Gasteiger charge is 2.13. The van der Waals surface area contributed by atoms with Gasteiger partial charge in [0.05, 0.1) is 5.69 Å². The van der Waals surface area contributed by atoms with Crippen molar-refractivity contribution < 1.29 is 8.78 Å². The molecule has 0 saturated carbocycles. The SMILES string of the molecule is C=Cc1c(F)cc(N=C)c(C=C)c1F. The number of rotatable bonds is 3. The molecule has 14 heavy (non-hydrogen) atoms. The van der Waals surface area contributed by atoms with Crippen molar-refractivity contribution in [2.24, 2.45) is 4.99 Å². The molecule has 1 nitrogen and oxygen atoms in total. The highest BCUT2D eigenvalue weighted by molar-refractivity contribution is 5.69. The lowest BCUT2D eigenvalue weighted by Gasteiger charge is -2.06. The monoisotopic (exact) mass is 193 g/mol. The van der Waals surface area contributed by atoms with Gasteiger partial charge in [-0.3, -0.25) is 4.99 Å². The molecular formula is C11H9F2N. The van der Waals surface area contributed by atoms with Crippen LogP contribution in [-0.4, -0.2) is 6.72 Å². The van der Waals surface area contributed by atoms with E-state index < -0.39 is 11.6 Å². The average Bonchev–Trinajstić information content (AvgIpc) is 2.17. The van der Waals surface area contributed by atoms with Crippen molar-refractivity contribution in [1.29, 1.82) is 0 Å². The van der Waals surface area contributed by atoms with Crippen LogP contribution in [0.2, 0.25) is 0 Å². The summed E-state index contributed by atoms with van der Waals surface area (Å²) >= 11 is 0. The summed E-state index contributed by atoms with van der Waals surface area (Å²) in [6.45, 7) is 9.96. The van der Waals surface area contributed by atoms with Gasteiger partial charge in [0, 0.05) is 17.2 Å². The summed E-state index contributed by atoms with van der Waals surface area (Å²) in [5.41, 5.74) is 0.101. The van der Waals surface area contributed by atoms with E-state index in [1.807, 2.05) is 0 Å². The van der Waals surface area contributed by atoms with E-state index in [4.69, 9.17) is 0 Å². The lowest BCUT2D eigenvalue weighted by molar-refractivity contribution is 0.578. The third-order valence-electron chi connectivity index (χ3n) is 1.85. The summed E-state index contributed by atoms with van der Waals surface area (Å²) in [4.78, 5) is 3.50. The molecule has 0 bridgehead atoms. The van der Waals surface area contributed by atoms with Gasteiger partial charge < -0.3 is 0 Å². The van der Waals surface area contributed by atoms with Crippen molar-refractivity contribution in [3.05, 3.63) is 42.0 Å². The van der Waals surface area contributed by atoms with Gasteiger partial charge in [-0.2, -0.15) is 0 Å². The lowest BCUT2D eigenvalue weighted by atomic mass is 10.1. The quantitative estimate of drug-likeness (QED) is 0.650. The first-order valence-electron chi connectivity index (χ1n) is 3.89. The minimum Gasteiger partial charge on any atom is -0.264 e. The van der Waals surface area contributed by atoms with Crippen LogP contribution in [0.1, 0.15) is 11.1 Å². The first-order chi connectivity index (χ1) is 6.65. The molecule has 0 radical (unpaired) electrons. The summed E-state index contributed by atoms with van der Waals surface area (Å²) < 4.78 is 26.7. The van der Waals surface area contributed by atoms with E-state index in [-0.39, 0.29) is 16.8 Å². The molecule has 0 aromatic heterocycles. The first kappa shape index (κ1) is 10.3. The molecule has 1 aromatic rings. The van der Waals surface area contributed by atoms with Crippen LogP contribution in [-0.2, 0) is 0 Å². The Balaban J connectivity index is 3.62. The average molecular weight is 193 g/mol. The summed E-state index contributed by atoms with van der Waals surface area (Å²) in [6, 6.07) is 1.10. The molecule has 72 valence electrons. The fraction of sp³-hybridized carbons (Fsp3) is 0. The van der Waals surface area contributed by atoms with Crippen molar-refractivity contribution in [1.82, 2.24) is 0 Å². The molecule has 3 heteroatoms. The molecule has 1 rings (SSSR count). The zero-order valence-electron chi connectivity index (χ0n) is 7.56. The van der Waals surface area contributed by atoms with E-state index in [2.05, 4.69) is 24.9 Å².